The van der Waals surface area contributed by atoms with Gasteiger partial charge in [0.15, 0.2) is 0 Å². The van der Waals surface area contributed by atoms with Crippen molar-refractivity contribution in [1.29, 1.82) is 0 Å². The maximum absolute atomic E-state index is 6.64. The summed E-state index contributed by atoms with van der Waals surface area (Å²) >= 11 is 0. The predicted octanol–water partition coefficient (Wildman–Crippen LogP) is 9.43. The summed E-state index contributed by atoms with van der Waals surface area (Å²) in [6.07, 6.45) is 0. The van der Waals surface area contributed by atoms with Crippen molar-refractivity contribution >= 4 is 83.3 Å². The molecule has 0 atom stereocenters. The van der Waals surface area contributed by atoms with Crippen LogP contribution in [0.15, 0.2) is 156 Å². The average molecular weight is 584 g/mol. The molecule has 0 N–H and O–H groups in total. The highest BCUT2D eigenvalue weighted by atomic mass is 16.3. The van der Waals surface area contributed by atoms with E-state index in [0.29, 0.717) is 0 Å². The molecule has 0 amide bonds. The number of hydrogen-bond acceptors (Lipinski definition) is 1. The zero-order valence-electron chi connectivity index (χ0n) is 24.8. The molecule has 3 aromatic heterocycles. The molecule has 0 saturated carbocycles. The molecule has 0 unspecified atom stereocenters. The molecule has 212 valence electrons. The Balaban J connectivity index is 1.33. The van der Waals surface area contributed by atoms with Crippen molar-refractivity contribution in [3.05, 3.63) is 152 Å². The first-order valence-electron chi connectivity index (χ1n) is 15.9. The summed E-state index contributed by atoms with van der Waals surface area (Å²) < 4.78 is 11.7. The van der Waals surface area contributed by atoms with Gasteiger partial charge in [-0.05, 0) is 46.8 Å². The van der Waals surface area contributed by atoms with Crippen LogP contribution in [0.1, 0.15) is 0 Å². The van der Waals surface area contributed by atoms with Crippen LogP contribution in [0.3, 0.4) is 0 Å². The second-order valence-electron chi connectivity index (χ2n) is 12.4. The fourth-order valence-electron chi connectivity index (χ4n) is 8.37. The van der Waals surface area contributed by atoms with Crippen LogP contribution >= 0.6 is 0 Å². The van der Waals surface area contributed by atoms with Crippen molar-refractivity contribution in [2.24, 2.45) is 0 Å². The summed E-state index contributed by atoms with van der Waals surface area (Å²) in [6.45, 7) is -0.0323. The SMILES string of the molecule is c1ccc(-c2cccc3c4ccccc4n(B4c5ccccc5-n5c6ccc7c8ccccc8oc7c6c6cccc4c65)c23)cc1. The third kappa shape index (κ3) is 2.99. The standard InChI is InChI=1S/C42H25BN2O/c1-2-12-26(13-3-1)27-16-10-17-30-28-14-4-7-21-35(28)45(40(27)30)43-33-19-6-8-22-36(33)44-37-25-24-31-29-15-5-9-23-38(29)46-42(31)39(37)32-18-11-20-34(43)41(32)44/h1-25H. The van der Waals surface area contributed by atoms with Crippen molar-refractivity contribution < 1.29 is 4.42 Å². The number of rotatable bonds is 2. The van der Waals surface area contributed by atoms with Crippen LogP contribution in [-0.2, 0) is 0 Å². The van der Waals surface area contributed by atoms with Crippen LogP contribution in [0.2, 0.25) is 0 Å². The Labute approximate surface area is 264 Å². The van der Waals surface area contributed by atoms with E-state index in [0.717, 1.165) is 21.9 Å². The number of fused-ring (bicyclic) bond motifs is 12. The maximum Gasteiger partial charge on any atom is 0.332 e. The Kier molecular flexibility index (Phi) is 4.66. The Hall–Kier alpha value is -6.00. The largest absolute Gasteiger partial charge is 0.455 e. The fraction of sp³-hybridized carbons (Fsp3) is 0. The Morgan fingerprint density at radius 1 is 0.457 bits per heavy atom. The lowest BCUT2D eigenvalue weighted by Crippen LogP contribution is -2.53. The molecule has 0 saturated heterocycles. The van der Waals surface area contributed by atoms with Crippen LogP contribution in [-0.4, -0.2) is 15.9 Å². The zero-order valence-corrected chi connectivity index (χ0v) is 24.8. The highest BCUT2D eigenvalue weighted by Gasteiger charge is 2.37. The first-order chi connectivity index (χ1) is 22.9. The van der Waals surface area contributed by atoms with E-state index < -0.39 is 0 Å². The van der Waals surface area contributed by atoms with Crippen LogP contribution in [0.25, 0.3) is 82.4 Å². The van der Waals surface area contributed by atoms with E-state index >= 15 is 0 Å². The Morgan fingerprint density at radius 2 is 1.17 bits per heavy atom. The van der Waals surface area contributed by atoms with Crippen molar-refractivity contribution in [3.8, 4) is 16.8 Å². The van der Waals surface area contributed by atoms with E-state index in [-0.39, 0.29) is 6.85 Å². The molecular weight excluding hydrogens is 559 g/mol. The van der Waals surface area contributed by atoms with Gasteiger partial charge in [-0.25, -0.2) is 0 Å². The zero-order chi connectivity index (χ0) is 29.9. The number of aromatic nitrogens is 2. The van der Waals surface area contributed by atoms with Gasteiger partial charge in [-0.3, -0.25) is 0 Å². The van der Waals surface area contributed by atoms with Gasteiger partial charge in [-0.2, -0.15) is 0 Å². The molecule has 4 heteroatoms. The second-order valence-corrected chi connectivity index (χ2v) is 12.4. The van der Waals surface area contributed by atoms with Gasteiger partial charge in [-0.15, -0.1) is 0 Å². The number of para-hydroxylation sites is 5. The Bertz CT molecular complexity index is 2870. The fourth-order valence-corrected chi connectivity index (χ4v) is 8.37. The van der Waals surface area contributed by atoms with E-state index in [1.165, 1.54) is 71.4 Å². The highest BCUT2D eigenvalue weighted by Crippen LogP contribution is 2.42. The van der Waals surface area contributed by atoms with Gasteiger partial charge in [-0.1, -0.05) is 121 Å². The summed E-state index contributed by atoms with van der Waals surface area (Å²) in [5, 5.41) is 7.26. The van der Waals surface area contributed by atoms with Gasteiger partial charge in [0.1, 0.15) is 11.2 Å². The lowest BCUT2D eigenvalue weighted by atomic mass is 9.48. The number of furan rings is 1. The molecule has 0 fully saturated rings. The van der Waals surface area contributed by atoms with Crippen molar-refractivity contribution in [1.82, 2.24) is 9.05 Å². The molecule has 4 heterocycles. The second kappa shape index (κ2) is 8.80. The molecular formula is C42H25BN2O. The van der Waals surface area contributed by atoms with Gasteiger partial charge in [0.05, 0.1) is 16.4 Å². The summed E-state index contributed by atoms with van der Waals surface area (Å²) in [7, 11) is 0. The van der Waals surface area contributed by atoms with Crippen molar-refractivity contribution in [2.75, 3.05) is 0 Å². The minimum atomic E-state index is -0.0323. The van der Waals surface area contributed by atoms with Crippen LogP contribution in [0, 0.1) is 0 Å². The molecule has 3 nitrogen and oxygen atoms in total. The molecule has 0 bridgehead atoms. The van der Waals surface area contributed by atoms with E-state index in [1.807, 2.05) is 6.07 Å². The minimum absolute atomic E-state index is 0.0323. The van der Waals surface area contributed by atoms with Gasteiger partial charge in [0, 0.05) is 49.2 Å². The number of benzene rings is 7. The molecule has 0 aliphatic carbocycles. The molecule has 1 aliphatic heterocycles. The molecule has 0 radical (unpaired) electrons. The summed E-state index contributed by atoms with van der Waals surface area (Å²) in [6, 6.07) is 55.2. The van der Waals surface area contributed by atoms with Crippen LogP contribution in [0.5, 0.6) is 0 Å². The summed E-state index contributed by atoms with van der Waals surface area (Å²) in [5.41, 5.74) is 13.1. The molecule has 1 aliphatic rings. The van der Waals surface area contributed by atoms with E-state index in [4.69, 9.17) is 4.42 Å². The Morgan fingerprint density at radius 3 is 2.11 bits per heavy atom. The van der Waals surface area contributed by atoms with E-state index in [1.54, 1.807) is 0 Å². The number of nitrogens with zero attached hydrogens (tertiary/aromatic N) is 2. The summed E-state index contributed by atoms with van der Waals surface area (Å²) in [5.74, 6) is 0. The predicted molar refractivity (Wildman–Crippen MR) is 193 cm³/mol. The van der Waals surface area contributed by atoms with Gasteiger partial charge >= 0.3 is 6.85 Å². The molecule has 10 aromatic rings. The molecule has 7 aromatic carbocycles. The van der Waals surface area contributed by atoms with Gasteiger partial charge in [0.25, 0.3) is 0 Å². The van der Waals surface area contributed by atoms with Crippen molar-refractivity contribution in [2.45, 2.75) is 0 Å². The lowest BCUT2D eigenvalue weighted by Gasteiger charge is -2.28. The monoisotopic (exact) mass is 584 g/mol. The first kappa shape index (κ1) is 24.3. The quantitative estimate of drug-likeness (QED) is 0.186. The molecule has 0 spiro atoms. The molecule has 46 heavy (non-hydrogen) atoms. The van der Waals surface area contributed by atoms with E-state index in [2.05, 4.69) is 155 Å². The normalized spacial score (nSPS) is 12.7. The smallest absolute Gasteiger partial charge is 0.332 e. The topological polar surface area (TPSA) is 23.0 Å². The first-order valence-corrected chi connectivity index (χ1v) is 15.9. The van der Waals surface area contributed by atoms with Crippen LogP contribution < -0.4 is 10.9 Å². The number of hydrogen-bond donors (Lipinski definition) is 0. The lowest BCUT2D eigenvalue weighted by molar-refractivity contribution is 0.673. The van der Waals surface area contributed by atoms with Crippen LogP contribution in [0.4, 0.5) is 0 Å². The summed E-state index contributed by atoms with van der Waals surface area (Å²) in [4.78, 5) is 0. The van der Waals surface area contributed by atoms with E-state index in [9.17, 15) is 0 Å². The van der Waals surface area contributed by atoms with Gasteiger partial charge < -0.3 is 13.5 Å². The van der Waals surface area contributed by atoms with Gasteiger partial charge in [0.2, 0.25) is 0 Å². The minimum Gasteiger partial charge on any atom is -0.455 e. The third-order valence-electron chi connectivity index (χ3n) is 10.2. The highest BCUT2D eigenvalue weighted by molar-refractivity contribution is 6.88. The molecule has 11 rings (SSSR count). The van der Waals surface area contributed by atoms with Crippen molar-refractivity contribution in [3.63, 3.8) is 0 Å². The average Bonchev–Trinajstić information content (AvgIpc) is 3.78. The third-order valence-corrected chi connectivity index (χ3v) is 10.2. The maximum atomic E-state index is 6.64.